The number of rotatable bonds is 3. The lowest BCUT2D eigenvalue weighted by Crippen LogP contribution is -1.86. The molecule has 126 valence electrons. The Morgan fingerprint density at radius 2 is 1.15 bits per heavy atom. The van der Waals surface area contributed by atoms with E-state index >= 15 is 0 Å². The largest absolute Gasteiger partial charge is 0.257 e. The minimum absolute atomic E-state index is 0.718. The summed E-state index contributed by atoms with van der Waals surface area (Å²) in [6.45, 7) is 0. The van der Waals surface area contributed by atoms with Gasteiger partial charge in [0.05, 0.1) is 0 Å². The Bertz CT molecular complexity index is 1030. The predicted molar refractivity (Wildman–Crippen MR) is 115 cm³/mol. The highest BCUT2D eigenvalue weighted by molar-refractivity contribution is 7.19. The van der Waals surface area contributed by atoms with Crippen LogP contribution in [0, 0.1) is 0 Å². The molecule has 3 heteroatoms. The Hall–Kier alpha value is -2.19. The summed E-state index contributed by atoms with van der Waals surface area (Å²) in [7, 11) is 0. The molecule has 1 heterocycles. The molecule has 1 aromatic heterocycles. The van der Waals surface area contributed by atoms with Gasteiger partial charge in [0.2, 0.25) is 16.2 Å². The van der Waals surface area contributed by atoms with E-state index in [-0.39, 0.29) is 0 Å². The van der Waals surface area contributed by atoms with Crippen LogP contribution in [0.15, 0.2) is 91.0 Å². The minimum atomic E-state index is 0.718. The summed E-state index contributed by atoms with van der Waals surface area (Å²) in [6.07, 6.45) is 0. The van der Waals surface area contributed by atoms with Crippen molar-refractivity contribution in [1.29, 1.82) is 0 Å². The Morgan fingerprint density at radius 1 is 0.577 bits per heavy atom. The molecule has 0 amide bonds. The van der Waals surface area contributed by atoms with Crippen LogP contribution in [0.1, 0.15) is 0 Å². The molecule has 0 fully saturated rings. The van der Waals surface area contributed by atoms with Crippen molar-refractivity contribution in [3.8, 4) is 32.0 Å². The van der Waals surface area contributed by atoms with Crippen LogP contribution < -0.4 is 0 Å². The highest BCUT2D eigenvalue weighted by Gasteiger charge is 2.24. The number of hydrogen-bond acceptors (Lipinski definition) is 0. The quantitative estimate of drug-likeness (QED) is 0.306. The molecule has 4 aromatic rings. The molecule has 0 aliphatic carbocycles. The van der Waals surface area contributed by atoms with Crippen LogP contribution in [0.4, 0.5) is 0 Å². The van der Waals surface area contributed by atoms with Crippen LogP contribution in [-0.4, -0.2) is 0 Å². The molecule has 0 bridgehead atoms. The molecule has 3 aromatic carbocycles. The lowest BCUT2D eigenvalue weighted by molar-refractivity contribution is 1.62. The van der Waals surface area contributed by atoms with Crippen LogP contribution in [-0.2, 0) is 0 Å². The third kappa shape index (κ3) is 3.52. The fourth-order valence-corrected chi connectivity index (χ4v) is 4.48. The Morgan fingerprint density at radius 3 is 1.77 bits per heavy atom. The molecule has 0 saturated heterocycles. The number of hydrogen-bond donors (Lipinski definition) is 0. The van der Waals surface area contributed by atoms with E-state index in [4.69, 9.17) is 23.2 Å². The van der Waals surface area contributed by atoms with Crippen LogP contribution in [0.25, 0.3) is 32.0 Å². The molecule has 26 heavy (non-hydrogen) atoms. The molecule has 0 nitrogen and oxygen atoms in total. The topological polar surface area (TPSA) is 0 Å². The Kier molecular flexibility index (Phi) is 5.03. The minimum Gasteiger partial charge on any atom is -0.0843 e. The summed E-state index contributed by atoms with van der Waals surface area (Å²) < 4.78 is 0. The van der Waals surface area contributed by atoms with E-state index in [1.54, 1.807) is 11.3 Å². The highest BCUT2D eigenvalue weighted by atomic mass is 35.5. The molecule has 4 rings (SSSR count). The van der Waals surface area contributed by atoms with E-state index < -0.39 is 0 Å². The number of benzene rings is 3. The van der Waals surface area contributed by atoms with Crippen LogP contribution in [0.2, 0.25) is 10.0 Å². The third-order valence-corrected chi connectivity index (χ3v) is 6.15. The van der Waals surface area contributed by atoms with Gasteiger partial charge in [-0.15, -0.1) is 0 Å². The lowest BCUT2D eigenvalue weighted by atomic mass is 10.0. The highest BCUT2D eigenvalue weighted by Crippen LogP contribution is 2.44. The van der Waals surface area contributed by atoms with Crippen molar-refractivity contribution in [2.75, 3.05) is 0 Å². The summed E-state index contributed by atoms with van der Waals surface area (Å²) in [5, 5.41) is 1.48. The van der Waals surface area contributed by atoms with Crippen LogP contribution in [0.5, 0.6) is 0 Å². The van der Waals surface area contributed by atoms with Crippen molar-refractivity contribution >= 4 is 34.5 Å². The summed E-state index contributed by atoms with van der Waals surface area (Å²) >= 11 is 14.6. The Labute approximate surface area is 167 Å². The van der Waals surface area contributed by atoms with E-state index in [2.05, 4.69) is 42.5 Å². The van der Waals surface area contributed by atoms with Crippen molar-refractivity contribution in [3.05, 3.63) is 101 Å². The molecular weight excluding hydrogens is 379 g/mol. The van der Waals surface area contributed by atoms with Gasteiger partial charge in [0.25, 0.3) is 4.88 Å². The van der Waals surface area contributed by atoms with Gasteiger partial charge < -0.3 is 0 Å². The van der Waals surface area contributed by atoms with Gasteiger partial charge in [0.15, 0.2) is 0 Å². The predicted octanol–water partition coefficient (Wildman–Crippen LogP) is 8.34. The second kappa shape index (κ2) is 7.59. The molecule has 0 spiro atoms. The van der Waals surface area contributed by atoms with Gasteiger partial charge in [-0.1, -0.05) is 71.7 Å². The van der Waals surface area contributed by atoms with Gasteiger partial charge >= 0.3 is 0 Å². The van der Waals surface area contributed by atoms with Gasteiger partial charge in [-0.3, -0.25) is 0 Å². The second-order valence-electron chi connectivity index (χ2n) is 5.91. The molecule has 0 aliphatic heterocycles. The summed E-state index contributed by atoms with van der Waals surface area (Å²) in [6, 6.07) is 30.7. The first kappa shape index (κ1) is 17.2. The molecule has 0 aliphatic rings. The number of halogens is 2. The fraction of sp³-hybridized carbons (Fsp3) is 0. The fourth-order valence-electron chi connectivity index (χ4n) is 2.86. The zero-order valence-electron chi connectivity index (χ0n) is 13.8. The SMILES string of the molecule is Clc1ccc(-c2cc(-c3ccccc3)[s+]c(-c3ccccc3)c2Cl)cc1. The standard InChI is InChI=1S/C23H15Cl2S/c24-19-13-11-16(12-14-19)20-15-21(17-7-3-1-4-8-17)26-23(22(20)25)18-9-5-2-6-10-18/h1-15H/q+1. The van der Waals surface area contributed by atoms with E-state index in [0.29, 0.717) is 0 Å². The van der Waals surface area contributed by atoms with Gasteiger partial charge in [-0.05, 0) is 42.0 Å². The van der Waals surface area contributed by atoms with Gasteiger partial charge in [0, 0.05) is 27.8 Å². The van der Waals surface area contributed by atoms with Crippen molar-refractivity contribution in [2.24, 2.45) is 0 Å². The average molecular weight is 394 g/mol. The summed E-state index contributed by atoms with van der Waals surface area (Å²) in [5.74, 6) is 0. The molecule has 0 unspecified atom stereocenters. The second-order valence-corrected chi connectivity index (χ2v) is 7.77. The zero-order chi connectivity index (χ0) is 17.9. The van der Waals surface area contributed by atoms with Crippen molar-refractivity contribution < 1.29 is 0 Å². The smallest absolute Gasteiger partial charge is 0.0843 e. The monoisotopic (exact) mass is 393 g/mol. The first-order valence-corrected chi connectivity index (χ1v) is 9.83. The molecule has 0 N–H and O–H groups in total. The first-order valence-electron chi connectivity index (χ1n) is 8.26. The van der Waals surface area contributed by atoms with Crippen LogP contribution >= 0.6 is 34.5 Å². The van der Waals surface area contributed by atoms with Crippen LogP contribution in [0.3, 0.4) is 0 Å². The third-order valence-electron chi connectivity index (χ3n) is 4.17. The molecule has 0 atom stereocenters. The summed E-state index contributed by atoms with van der Waals surface area (Å²) in [5.41, 5.74) is 4.37. The maximum Gasteiger partial charge on any atom is 0.257 e. The van der Waals surface area contributed by atoms with Crippen molar-refractivity contribution in [2.45, 2.75) is 0 Å². The van der Waals surface area contributed by atoms with E-state index in [0.717, 1.165) is 31.6 Å². The van der Waals surface area contributed by atoms with Gasteiger partial charge in [-0.25, -0.2) is 0 Å². The van der Waals surface area contributed by atoms with Gasteiger partial charge in [0.1, 0.15) is 5.02 Å². The maximum atomic E-state index is 6.85. The molecule has 0 saturated carbocycles. The zero-order valence-corrected chi connectivity index (χ0v) is 16.2. The van der Waals surface area contributed by atoms with Crippen molar-refractivity contribution in [3.63, 3.8) is 0 Å². The van der Waals surface area contributed by atoms with Crippen molar-refractivity contribution in [1.82, 2.24) is 0 Å². The van der Waals surface area contributed by atoms with E-state index in [1.807, 2.05) is 48.5 Å². The van der Waals surface area contributed by atoms with E-state index in [1.165, 1.54) is 10.4 Å². The average Bonchev–Trinajstić information content (AvgIpc) is 2.70. The lowest BCUT2D eigenvalue weighted by Gasteiger charge is -2.06. The Balaban J connectivity index is 1.97. The molecular formula is C23H15Cl2S+. The maximum absolute atomic E-state index is 6.85. The summed E-state index contributed by atoms with van der Waals surface area (Å²) in [4.78, 5) is 2.25. The van der Waals surface area contributed by atoms with E-state index in [9.17, 15) is 0 Å². The molecule has 0 radical (unpaired) electrons. The normalized spacial score (nSPS) is 10.7. The first-order chi connectivity index (χ1) is 12.7. The van der Waals surface area contributed by atoms with Gasteiger partial charge in [-0.2, -0.15) is 0 Å².